The highest BCUT2D eigenvalue weighted by Crippen LogP contribution is 2.34. The number of benzene rings is 1. The second-order valence-electron chi connectivity index (χ2n) is 8.10. The van der Waals surface area contributed by atoms with Gasteiger partial charge in [0.15, 0.2) is 4.80 Å². The van der Waals surface area contributed by atoms with Gasteiger partial charge in [0, 0.05) is 16.5 Å². The molecular weight excluding hydrogens is 525 g/mol. The van der Waals surface area contributed by atoms with E-state index in [1.807, 2.05) is 17.5 Å². The largest absolute Gasteiger partial charge is 0.463 e. The molecule has 1 aromatic carbocycles. The fraction of sp³-hybridized carbons (Fsp3) is 0.192. The van der Waals surface area contributed by atoms with Crippen LogP contribution >= 0.6 is 22.7 Å². The Morgan fingerprint density at radius 2 is 2.03 bits per heavy atom. The van der Waals surface area contributed by atoms with Crippen molar-refractivity contribution in [2.75, 3.05) is 6.61 Å². The Balaban J connectivity index is 1.58. The van der Waals surface area contributed by atoms with Gasteiger partial charge in [-0.25, -0.2) is 9.79 Å². The van der Waals surface area contributed by atoms with Crippen LogP contribution in [0.25, 0.3) is 17.4 Å². The molecule has 0 saturated carbocycles. The Morgan fingerprint density at radius 3 is 2.73 bits per heavy atom. The lowest BCUT2D eigenvalue weighted by molar-refractivity contribution is -0.139. The molecule has 0 fully saturated rings. The summed E-state index contributed by atoms with van der Waals surface area (Å²) < 4.78 is 52.1. The number of furan rings is 1. The zero-order chi connectivity index (χ0) is 26.3. The lowest BCUT2D eigenvalue weighted by Gasteiger charge is -2.23. The zero-order valence-corrected chi connectivity index (χ0v) is 21.2. The SMILES string of the molecule is CCOC(=O)C1=C(C)N=c2s/c(=C/c3ccc(-c4cccc(C(F)(F)F)c4)o3)c(=O)n2[C@H]1c1cccs1. The van der Waals surface area contributed by atoms with E-state index in [9.17, 15) is 22.8 Å². The summed E-state index contributed by atoms with van der Waals surface area (Å²) >= 11 is 2.55. The van der Waals surface area contributed by atoms with Crippen molar-refractivity contribution >= 4 is 34.7 Å². The van der Waals surface area contributed by atoms with Crippen molar-refractivity contribution in [3.05, 3.63) is 101 Å². The maximum absolute atomic E-state index is 13.5. The molecule has 5 rings (SSSR count). The van der Waals surface area contributed by atoms with E-state index in [1.165, 1.54) is 34.1 Å². The van der Waals surface area contributed by atoms with Crippen molar-refractivity contribution in [1.29, 1.82) is 0 Å². The average molecular weight is 545 g/mol. The zero-order valence-electron chi connectivity index (χ0n) is 19.5. The highest BCUT2D eigenvalue weighted by Gasteiger charge is 2.34. The standard InChI is InChI=1S/C26H19F3N2O4S2/c1-3-34-24(33)21-14(2)30-25-31(22(21)19-8-5-11-36-19)23(32)20(37-25)13-17-9-10-18(35-17)15-6-4-7-16(12-15)26(27,28)29/h4-13,22H,3H2,1-2H3/b20-13+/t22-/m0/s1. The number of alkyl halides is 3. The molecule has 0 saturated heterocycles. The van der Waals surface area contributed by atoms with Crippen molar-refractivity contribution in [2.24, 2.45) is 4.99 Å². The fourth-order valence-electron chi connectivity index (χ4n) is 4.07. The van der Waals surface area contributed by atoms with Gasteiger partial charge in [0.05, 0.1) is 28.0 Å². The summed E-state index contributed by atoms with van der Waals surface area (Å²) in [7, 11) is 0. The van der Waals surface area contributed by atoms with Gasteiger partial charge in [0.2, 0.25) is 0 Å². The van der Waals surface area contributed by atoms with E-state index in [1.54, 1.807) is 26.0 Å². The number of thiazole rings is 1. The quantitative estimate of drug-likeness (QED) is 0.326. The summed E-state index contributed by atoms with van der Waals surface area (Å²) in [5, 5.41) is 1.86. The molecule has 4 aromatic rings. The third-order valence-electron chi connectivity index (χ3n) is 5.70. The number of hydrogen-bond donors (Lipinski definition) is 0. The normalized spacial score (nSPS) is 16.0. The number of nitrogens with zero attached hydrogens (tertiary/aromatic N) is 2. The average Bonchev–Trinajstić information content (AvgIpc) is 3.60. The van der Waals surface area contributed by atoms with E-state index in [-0.39, 0.29) is 23.5 Å². The number of aromatic nitrogens is 1. The first-order chi connectivity index (χ1) is 17.7. The van der Waals surface area contributed by atoms with Gasteiger partial charge in [-0.15, -0.1) is 11.3 Å². The first-order valence-electron chi connectivity index (χ1n) is 11.2. The summed E-state index contributed by atoms with van der Waals surface area (Å²) in [6.45, 7) is 3.60. The lowest BCUT2D eigenvalue weighted by Crippen LogP contribution is -2.39. The van der Waals surface area contributed by atoms with Gasteiger partial charge >= 0.3 is 12.1 Å². The van der Waals surface area contributed by atoms with Crippen LogP contribution in [0, 0.1) is 0 Å². The van der Waals surface area contributed by atoms with Gasteiger partial charge in [-0.2, -0.15) is 13.2 Å². The number of ether oxygens (including phenoxy) is 1. The summed E-state index contributed by atoms with van der Waals surface area (Å²) in [4.78, 5) is 32.1. The monoisotopic (exact) mass is 544 g/mol. The molecule has 0 unspecified atom stereocenters. The number of rotatable bonds is 5. The number of esters is 1. The van der Waals surface area contributed by atoms with Crippen molar-refractivity contribution in [2.45, 2.75) is 26.1 Å². The van der Waals surface area contributed by atoms with Crippen molar-refractivity contribution < 1.29 is 27.1 Å². The minimum absolute atomic E-state index is 0.184. The van der Waals surface area contributed by atoms with Crippen LogP contribution in [0.1, 0.15) is 36.1 Å². The smallest absolute Gasteiger partial charge is 0.416 e. The Hall–Kier alpha value is -3.70. The molecule has 11 heteroatoms. The van der Waals surface area contributed by atoms with Crippen LogP contribution in [-0.2, 0) is 15.7 Å². The number of thiophene rings is 1. The molecule has 4 heterocycles. The van der Waals surface area contributed by atoms with Crippen molar-refractivity contribution in [3.8, 4) is 11.3 Å². The van der Waals surface area contributed by atoms with Gasteiger partial charge < -0.3 is 9.15 Å². The minimum atomic E-state index is -4.47. The van der Waals surface area contributed by atoms with Crippen LogP contribution in [0.4, 0.5) is 13.2 Å². The Morgan fingerprint density at radius 1 is 1.22 bits per heavy atom. The maximum atomic E-state index is 13.5. The number of allylic oxidation sites excluding steroid dienone is 1. The molecule has 190 valence electrons. The third-order valence-corrected chi connectivity index (χ3v) is 7.61. The summed E-state index contributed by atoms with van der Waals surface area (Å²) in [6.07, 6.45) is -2.95. The maximum Gasteiger partial charge on any atom is 0.416 e. The second-order valence-corrected chi connectivity index (χ2v) is 10.1. The Kier molecular flexibility index (Phi) is 6.50. The van der Waals surface area contributed by atoms with Gasteiger partial charge in [-0.05, 0) is 49.6 Å². The molecule has 0 spiro atoms. The highest BCUT2D eigenvalue weighted by molar-refractivity contribution is 7.10. The first kappa shape index (κ1) is 25.0. The van der Waals surface area contributed by atoms with E-state index in [2.05, 4.69) is 4.99 Å². The van der Waals surface area contributed by atoms with Crippen LogP contribution in [0.2, 0.25) is 0 Å². The molecule has 0 amide bonds. The molecule has 1 atom stereocenters. The highest BCUT2D eigenvalue weighted by atomic mass is 32.1. The van der Waals surface area contributed by atoms with Crippen LogP contribution < -0.4 is 14.9 Å². The van der Waals surface area contributed by atoms with E-state index in [0.717, 1.165) is 28.3 Å². The van der Waals surface area contributed by atoms with Gasteiger partial charge in [0.25, 0.3) is 5.56 Å². The van der Waals surface area contributed by atoms with Crippen molar-refractivity contribution in [1.82, 2.24) is 4.57 Å². The Labute approximate surface area is 216 Å². The van der Waals surface area contributed by atoms with Crippen LogP contribution in [0.3, 0.4) is 0 Å². The van der Waals surface area contributed by atoms with Gasteiger partial charge in [-0.1, -0.05) is 29.5 Å². The summed E-state index contributed by atoms with van der Waals surface area (Å²) in [5.74, 6) is 0.00176. The van der Waals surface area contributed by atoms with E-state index in [0.29, 0.717) is 26.4 Å². The first-order valence-corrected chi connectivity index (χ1v) is 12.9. The summed E-state index contributed by atoms with van der Waals surface area (Å²) in [5.41, 5.74) is -0.114. The molecule has 0 aliphatic carbocycles. The number of fused-ring (bicyclic) bond motifs is 1. The molecular formula is C26H19F3N2O4S2. The van der Waals surface area contributed by atoms with Crippen LogP contribution in [0.15, 0.2) is 79.4 Å². The predicted octanol–water partition coefficient (Wildman–Crippen LogP) is 5.14. The Bertz CT molecular complexity index is 1690. The molecule has 0 bridgehead atoms. The van der Waals surface area contributed by atoms with E-state index >= 15 is 0 Å². The van der Waals surface area contributed by atoms with E-state index in [4.69, 9.17) is 9.15 Å². The van der Waals surface area contributed by atoms with Gasteiger partial charge in [-0.3, -0.25) is 9.36 Å². The predicted molar refractivity (Wildman–Crippen MR) is 134 cm³/mol. The number of carbonyl (C=O) groups is 1. The van der Waals surface area contributed by atoms with Gasteiger partial charge in [0.1, 0.15) is 17.6 Å². The van der Waals surface area contributed by atoms with Crippen molar-refractivity contribution in [3.63, 3.8) is 0 Å². The number of halogens is 3. The third kappa shape index (κ3) is 4.72. The molecule has 1 aliphatic heterocycles. The number of carbonyl (C=O) groups excluding carboxylic acids is 1. The van der Waals surface area contributed by atoms with Crippen LogP contribution in [0.5, 0.6) is 0 Å². The molecule has 0 radical (unpaired) electrons. The molecule has 0 N–H and O–H groups in total. The lowest BCUT2D eigenvalue weighted by atomic mass is 10.0. The van der Waals surface area contributed by atoms with E-state index < -0.39 is 23.8 Å². The molecule has 1 aliphatic rings. The summed E-state index contributed by atoms with van der Waals surface area (Å²) in [6, 6.07) is 11.0. The fourth-order valence-corrected chi connectivity index (χ4v) is 5.92. The molecule has 6 nitrogen and oxygen atoms in total. The topological polar surface area (TPSA) is 73.8 Å². The molecule has 3 aromatic heterocycles. The van der Waals surface area contributed by atoms with Crippen LogP contribution in [-0.4, -0.2) is 17.1 Å². The minimum Gasteiger partial charge on any atom is -0.463 e. The second kappa shape index (κ2) is 9.64. The number of hydrogen-bond acceptors (Lipinski definition) is 7. The molecule has 37 heavy (non-hydrogen) atoms.